The average Bonchev–Trinajstić information content (AvgIpc) is 3.25. The zero-order chi connectivity index (χ0) is 19.4. The fourth-order valence-corrected chi connectivity index (χ4v) is 3.45. The Balaban J connectivity index is 1.25. The van der Waals surface area contributed by atoms with Crippen molar-refractivity contribution in [3.8, 4) is 0 Å². The van der Waals surface area contributed by atoms with Gasteiger partial charge in [0.1, 0.15) is 0 Å². The highest BCUT2D eigenvalue weighted by atomic mass is 15.3. The molecule has 1 fully saturated rings. The minimum absolute atomic E-state index is 0.878. The van der Waals surface area contributed by atoms with Crippen molar-refractivity contribution in [2.24, 2.45) is 4.99 Å². The van der Waals surface area contributed by atoms with Crippen molar-refractivity contribution in [3.05, 3.63) is 54.4 Å². The van der Waals surface area contributed by atoms with Gasteiger partial charge >= 0.3 is 0 Å². The molecule has 2 aromatic rings. The van der Waals surface area contributed by atoms with Gasteiger partial charge in [-0.25, -0.2) is 0 Å². The molecular weight excluding hydrogens is 350 g/mol. The largest absolute Gasteiger partial charge is 0.356 e. The molecule has 1 aliphatic heterocycles. The molecule has 0 aliphatic carbocycles. The molecular formula is C21H33N7. The maximum atomic E-state index is 4.31. The number of aryl methyl sites for hydroxylation is 1. The lowest BCUT2D eigenvalue weighted by molar-refractivity contribution is 0.129. The number of guanidine groups is 1. The lowest BCUT2D eigenvalue weighted by Gasteiger charge is -2.34. The second-order valence-corrected chi connectivity index (χ2v) is 7.15. The summed E-state index contributed by atoms with van der Waals surface area (Å²) in [7, 11) is 1.82. The van der Waals surface area contributed by atoms with Crippen LogP contribution in [0.1, 0.15) is 12.0 Å². The molecule has 0 amide bonds. The van der Waals surface area contributed by atoms with Gasteiger partial charge in [-0.3, -0.25) is 19.5 Å². The van der Waals surface area contributed by atoms with Crippen molar-refractivity contribution in [1.29, 1.82) is 0 Å². The Bertz CT molecular complexity index is 676. The molecule has 2 N–H and O–H groups in total. The number of benzene rings is 1. The molecule has 2 heterocycles. The summed E-state index contributed by atoms with van der Waals surface area (Å²) >= 11 is 0. The van der Waals surface area contributed by atoms with Gasteiger partial charge < -0.3 is 10.6 Å². The van der Waals surface area contributed by atoms with Gasteiger partial charge in [0.2, 0.25) is 0 Å². The van der Waals surface area contributed by atoms with E-state index in [1.807, 2.05) is 30.2 Å². The Morgan fingerprint density at radius 3 is 2.43 bits per heavy atom. The van der Waals surface area contributed by atoms with E-state index in [1.54, 1.807) is 0 Å². The third kappa shape index (κ3) is 6.98. The monoisotopic (exact) mass is 383 g/mol. The number of aromatic nitrogens is 2. The first-order valence-electron chi connectivity index (χ1n) is 10.2. The van der Waals surface area contributed by atoms with Crippen LogP contribution in [0, 0.1) is 0 Å². The standard InChI is InChI=1S/C21H33N7/c1-22-21(23-9-5-12-28-13-6-10-25-28)24-11-14-26-15-17-27(18-16-26)19-20-7-3-2-4-8-20/h2-4,6-8,10,13H,5,9,11-12,14-19H2,1H3,(H2,22,23,24). The first kappa shape index (κ1) is 20.4. The summed E-state index contributed by atoms with van der Waals surface area (Å²) in [6.45, 7) is 9.36. The molecule has 1 aliphatic rings. The van der Waals surface area contributed by atoms with E-state index >= 15 is 0 Å². The molecule has 0 radical (unpaired) electrons. The summed E-state index contributed by atoms with van der Waals surface area (Å²) in [4.78, 5) is 9.38. The van der Waals surface area contributed by atoms with E-state index in [-0.39, 0.29) is 0 Å². The van der Waals surface area contributed by atoms with Crippen molar-refractivity contribution in [2.45, 2.75) is 19.5 Å². The predicted molar refractivity (Wildman–Crippen MR) is 114 cm³/mol. The van der Waals surface area contributed by atoms with Crippen LogP contribution in [0.2, 0.25) is 0 Å². The van der Waals surface area contributed by atoms with Gasteiger partial charge in [0.15, 0.2) is 5.96 Å². The van der Waals surface area contributed by atoms with Crippen LogP contribution >= 0.6 is 0 Å². The van der Waals surface area contributed by atoms with E-state index in [9.17, 15) is 0 Å². The second kappa shape index (κ2) is 11.5. The first-order valence-corrected chi connectivity index (χ1v) is 10.2. The Morgan fingerprint density at radius 2 is 1.71 bits per heavy atom. The molecule has 0 atom stereocenters. The van der Waals surface area contributed by atoms with Gasteiger partial charge in [-0.05, 0) is 18.1 Å². The van der Waals surface area contributed by atoms with Gasteiger partial charge in [0.05, 0.1) is 0 Å². The van der Waals surface area contributed by atoms with Crippen molar-refractivity contribution < 1.29 is 0 Å². The van der Waals surface area contributed by atoms with Crippen molar-refractivity contribution in [1.82, 2.24) is 30.2 Å². The number of rotatable bonds is 9. The molecule has 0 spiro atoms. The highest BCUT2D eigenvalue weighted by molar-refractivity contribution is 5.79. The van der Waals surface area contributed by atoms with E-state index < -0.39 is 0 Å². The summed E-state index contributed by atoms with van der Waals surface area (Å²) in [5.74, 6) is 0.878. The van der Waals surface area contributed by atoms with Crippen LogP contribution in [0.4, 0.5) is 0 Å². The van der Waals surface area contributed by atoms with E-state index in [2.05, 4.69) is 60.9 Å². The van der Waals surface area contributed by atoms with Gasteiger partial charge in [-0.2, -0.15) is 5.10 Å². The number of hydrogen-bond donors (Lipinski definition) is 2. The van der Waals surface area contributed by atoms with Crippen molar-refractivity contribution in [3.63, 3.8) is 0 Å². The van der Waals surface area contributed by atoms with Crippen LogP contribution in [0.15, 0.2) is 53.8 Å². The highest BCUT2D eigenvalue weighted by Gasteiger charge is 2.16. The number of nitrogens with zero attached hydrogens (tertiary/aromatic N) is 5. The summed E-state index contributed by atoms with van der Waals surface area (Å²) in [6, 6.07) is 12.7. The third-order valence-corrected chi connectivity index (χ3v) is 5.07. The summed E-state index contributed by atoms with van der Waals surface area (Å²) in [5.41, 5.74) is 1.40. The van der Waals surface area contributed by atoms with Crippen LogP contribution in [-0.2, 0) is 13.1 Å². The zero-order valence-corrected chi connectivity index (χ0v) is 16.9. The molecule has 7 heteroatoms. The van der Waals surface area contributed by atoms with Crippen LogP contribution in [0.25, 0.3) is 0 Å². The molecule has 1 aromatic heterocycles. The smallest absolute Gasteiger partial charge is 0.191 e. The van der Waals surface area contributed by atoms with Gasteiger partial charge in [-0.1, -0.05) is 30.3 Å². The Hall–Kier alpha value is -2.38. The average molecular weight is 384 g/mol. The van der Waals surface area contributed by atoms with Crippen LogP contribution in [-0.4, -0.2) is 78.4 Å². The van der Waals surface area contributed by atoms with Crippen LogP contribution in [0.5, 0.6) is 0 Å². The SMILES string of the molecule is CN=C(NCCCn1cccn1)NCCN1CCN(Cc2ccccc2)CC1. The molecule has 0 unspecified atom stereocenters. The molecule has 3 rings (SSSR count). The Labute approximate surface area is 168 Å². The van der Waals surface area contributed by atoms with Gasteiger partial charge in [-0.15, -0.1) is 0 Å². The molecule has 28 heavy (non-hydrogen) atoms. The van der Waals surface area contributed by atoms with E-state index in [0.717, 1.165) is 71.3 Å². The molecule has 0 saturated carbocycles. The Kier molecular flexibility index (Phi) is 8.33. The summed E-state index contributed by atoms with van der Waals surface area (Å²) in [6.07, 6.45) is 4.83. The van der Waals surface area contributed by atoms with Crippen molar-refractivity contribution >= 4 is 5.96 Å². The molecule has 0 bridgehead atoms. The fourth-order valence-electron chi connectivity index (χ4n) is 3.45. The lowest BCUT2D eigenvalue weighted by atomic mass is 10.2. The van der Waals surface area contributed by atoms with E-state index in [4.69, 9.17) is 0 Å². The maximum Gasteiger partial charge on any atom is 0.191 e. The summed E-state index contributed by atoms with van der Waals surface area (Å²) in [5, 5.41) is 11.0. The minimum atomic E-state index is 0.878. The Morgan fingerprint density at radius 1 is 0.964 bits per heavy atom. The first-order chi connectivity index (χ1) is 13.8. The highest BCUT2D eigenvalue weighted by Crippen LogP contribution is 2.07. The van der Waals surface area contributed by atoms with Crippen LogP contribution < -0.4 is 10.6 Å². The molecule has 152 valence electrons. The number of hydrogen-bond acceptors (Lipinski definition) is 4. The normalized spacial score (nSPS) is 16.2. The molecule has 1 saturated heterocycles. The van der Waals surface area contributed by atoms with Gasteiger partial charge in [0, 0.05) is 78.3 Å². The zero-order valence-electron chi connectivity index (χ0n) is 16.9. The second-order valence-electron chi connectivity index (χ2n) is 7.15. The summed E-state index contributed by atoms with van der Waals surface area (Å²) < 4.78 is 1.95. The van der Waals surface area contributed by atoms with Gasteiger partial charge in [0.25, 0.3) is 0 Å². The minimum Gasteiger partial charge on any atom is -0.356 e. The van der Waals surface area contributed by atoms with E-state index in [0.29, 0.717) is 0 Å². The quantitative estimate of drug-likeness (QED) is 0.388. The molecule has 1 aromatic carbocycles. The third-order valence-electron chi connectivity index (χ3n) is 5.07. The maximum absolute atomic E-state index is 4.31. The topological polar surface area (TPSA) is 60.7 Å². The van der Waals surface area contributed by atoms with Crippen LogP contribution in [0.3, 0.4) is 0 Å². The molecule has 7 nitrogen and oxygen atoms in total. The fraction of sp³-hybridized carbons (Fsp3) is 0.524. The van der Waals surface area contributed by atoms with E-state index in [1.165, 1.54) is 5.56 Å². The number of nitrogens with one attached hydrogen (secondary N) is 2. The lowest BCUT2D eigenvalue weighted by Crippen LogP contribution is -2.49. The predicted octanol–water partition coefficient (Wildman–Crippen LogP) is 1.26. The number of piperazine rings is 1. The van der Waals surface area contributed by atoms with Crippen molar-refractivity contribution in [2.75, 3.05) is 52.9 Å². The number of aliphatic imine (C=N–C) groups is 1.